The molecule has 9 heteroatoms. The molecule has 4 rings (SSSR count). The summed E-state index contributed by atoms with van der Waals surface area (Å²) in [5, 5.41) is 3.85. The Morgan fingerprint density at radius 1 is 0.841 bits per heavy atom. The van der Waals surface area contributed by atoms with E-state index in [1.807, 2.05) is 106 Å². The second-order valence-corrected chi connectivity index (χ2v) is 11.5. The van der Waals surface area contributed by atoms with Gasteiger partial charge < -0.3 is 24.4 Å². The van der Waals surface area contributed by atoms with E-state index in [1.54, 1.807) is 6.20 Å². The highest BCUT2D eigenvalue weighted by Crippen LogP contribution is 2.27. The van der Waals surface area contributed by atoms with Crippen molar-refractivity contribution in [2.45, 2.75) is 45.0 Å². The van der Waals surface area contributed by atoms with Crippen LogP contribution in [0.2, 0.25) is 0 Å². The molecule has 1 aromatic heterocycles. The van der Waals surface area contributed by atoms with Crippen molar-refractivity contribution in [1.82, 2.24) is 14.8 Å². The van der Waals surface area contributed by atoms with E-state index >= 15 is 0 Å². The van der Waals surface area contributed by atoms with Crippen LogP contribution < -0.4 is 5.32 Å². The minimum absolute atomic E-state index is 0.0683. The SMILES string of the molecule is COC(CN(CC(=O)NCCc1cn(C(=O)OC(C)(C)C)c2ccccc12)C(=O)C(c1ccccc1)c1ccccc1)OC. The van der Waals surface area contributed by atoms with Gasteiger partial charge in [0.2, 0.25) is 11.8 Å². The zero-order valence-electron chi connectivity index (χ0n) is 26.0. The van der Waals surface area contributed by atoms with Gasteiger partial charge in [-0.2, -0.15) is 0 Å². The smallest absolute Gasteiger partial charge is 0.419 e. The first-order chi connectivity index (χ1) is 21.1. The number of para-hydroxylation sites is 1. The van der Waals surface area contributed by atoms with Crippen LogP contribution >= 0.6 is 0 Å². The van der Waals surface area contributed by atoms with Crippen molar-refractivity contribution < 1.29 is 28.6 Å². The number of ether oxygens (including phenoxy) is 3. The molecule has 1 heterocycles. The van der Waals surface area contributed by atoms with E-state index in [-0.39, 0.29) is 24.9 Å². The van der Waals surface area contributed by atoms with Crippen LogP contribution in [-0.2, 0) is 30.2 Å². The summed E-state index contributed by atoms with van der Waals surface area (Å²) in [5.74, 6) is -1.17. The van der Waals surface area contributed by atoms with Crippen LogP contribution in [0.3, 0.4) is 0 Å². The number of aromatic nitrogens is 1. The molecular weight excluding hydrogens is 558 g/mol. The Labute approximate surface area is 258 Å². The zero-order chi connectivity index (χ0) is 31.7. The van der Waals surface area contributed by atoms with Crippen molar-refractivity contribution in [3.8, 4) is 0 Å². The normalized spacial score (nSPS) is 11.6. The third-order valence-corrected chi connectivity index (χ3v) is 7.16. The summed E-state index contributed by atoms with van der Waals surface area (Å²) in [6, 6.07) is 26.6. The van der Waals surface area contributed by atoms with Crippen molar-refractivity contribution in [2.75, 3.05) is 33.9 Å². The van der Waals surface area contributed by atoms with Gasteiger partial charge in [-0.05, 0) is 49.9 Å². The molecular formula is C35H41N3O6. The highest BCUT2D eigenvalue weighted by molar-refractivity contribution is 5.92. The van der Waals surface area contributed by atoms with Gasteiger partial charge >= 0.3 is 6.09 Å². The Bertz CT molecular complexity index is 1500. The van der Waals surface area contributed by atoms with Gasteiger partial charge in [0.05, 0.1) is 24.5 Å². The van der Waals surface area contributed by atoms with Crippen molar-refractivity contribution in [3.05, 3.63) is 108 Å². The number of amides is 2. The van der Waals surface area contributed by atoms with E-state index in [9.17, 15) is 14.4 Å². The molecule has 0 saturated heterocycles. The Kier molecular flexibility index (Phi) is 10.9. The van der Waals surface area contributed by atoms with Gasteiger partial charge in [0.15, 0.2) is 6.29 Å². The van der Waals surface area contributed by atoms with E-state index < -0.39 is 23.9 Å². The second-order valence-electron chi connectivity index (χ2n) is 11.5. The quantitative estimate of drug-likeness (QED) is 0.220. The van der Waals surface area contributed by atoms with Crippen LogP contribution in [0.1, 0.15) is 43.4 Å². The number of hydrogen-bond acceptors (Lipinski definition) is 6. The molecule has 0 saturated carbocycles. The van der Waals surface area contributed by atoms with E-state index in [4.69, 9.17) is 14.2 Å². The van der Waals surface area contributed by atoms with Gasteiger partial charge in [0.25, 0.3) is 0 Å². The monoisotopic (exact) mass is 599 g/mol. The van der Waals surface area contributed by atoms with E-state index in [0.29, 0.717) is 13.0 Å². The maximum absolute atomic E-state index is 14.1. The molecule has 0 spiro atoms. The van der Waals surface area contributed by atoms with Gasteiger partial charge in [0.1, 0.15) is 5.60 Å². The average molecular weight is 600 g/mol. The molecule has 44 heavy (non-hydrogen) atoms. The fourth-order valence-electron chi connectivity index (χ4n) is 5.09. The summed E-state index contributed by atoms with van der Waals surface area (Å²) in [6.45, 7) is 5.66. The minimum Gasteiger partial charge on any atom is -0.443 e. The fraction of sp³-hybridized carbons (Fsp3) is 0.343. The number of carbonyl (C=O) groups is 3. The molecule has 0 bridgehead atoms. The maximum Gasteiger partial charge on any atom is 0.419 e. The van der Waals surface area contributed by atoms with Gasteiger partial charge in [0, 0.05) is 32.3 Å². The van der Waals surface area contributed by atoms with E-state index in [1.165, 1.54) is 23.7 Å². The Morgan fingerprint density at radius 3 is 1.98 bits per heavy atom. The van der Waals surface area contributed by atoms with Crippen molar-refractivity contribution in [1.29, 1.82) is 0 Å². The highest BCUT2D eigenvalue weighted by Gasteiger charge is 2.30. The molecule has 2 amide bonds. The number of rotatable bonds is 12. The zero-order valence-corrected chi connectivity index (χ0v) is 26.0. The predicted octanol–water partition coefficient (Wildman–Crippen LogP) is 5.36. The summed E-state index contributed by atoms with van der Waals surface area (Å²) >= 11 is 0. The molecule has 3 aromatic carbocycles. The number of carbonyl (C=O) groups excluding carboxylic acids is 3. The summed E-state index contributed by atoms with van der Waals surface area (Å²) in [6.07, 6.45) is 1.06. The maximum atomic E-state index is 14.1. The molecule has 0 aliphatic carbocycles. The molecule has 4 aromatic rings. The van der Waals surface area contributed by atoms with Gasteiger partial charge in [-0.3, -0.25) is 14.2 Å². The number of hydrogen-bond donors (Lipinski definition) is 1. The molecule has 0 unspecified atom stereocenters. The minimum atomic E-state index is -0.710. The largest absolute Gasteiger partial charge is 0.443 e. The summed E-state index contributed by atoms with van der Waals surface area (Å²) < 4.78 is 17.9. The standard InChI is InChI=1S/C35H41N3O6/c1-35(2,3)44-34(41)38-22-27(28-18-12-13-19-29(28)38)20-21-36-30(39)23-37(24-31(42-4)43-5)33(40)32(25-14-8-6-9-15-25)26-16-10-7-11-17-26/h6-19,22,31-32H,20-21,23-24H2,1-5H3,(H,36,39). The van der Waals surface area contributed by atoms with E-state index in [0.717, 1.165) is 27.6 Å². The lowest BCUT2D eigenvalue weighted by atomic mass is 9.90. The summed E-state index contributed by atoms with van der Waals surface area (Å²) in [4.78, 5) is 41.8. The fourth-order valence-corrected chi connectivity index (χ4v) is 5.09. The van der Waals surface area contributed by atoms with Crippen LogP contribution in [0, 0.1) is 0 Å². The predicted molar refractivity (Wildman–Crippen MR) is 169 cm³/mol. The second kappa shape index (κ2) is 14.8. The number of nitrogens with one attached hydrogen (secondary N) is 1. The summed E-state index contributed by atoms with van der Waals surface area (Å²) in [7, 11) is 2.99. The van der Waals surface area contributed by atoms with Crippen molar-refractivity contribution >= 4 is 28.8 Å². The molecule has 0 atom stereocenters. The topological polar surface area (TPSA) is 99.1 Å². The molecule has 0 aliphatic rings. The lowest BCUT2D eigenvalue weighted by Crippen LogP contribution is -2.47. The lowest BCUT2D eigenvalue weighted by Gasteiger charge is -2.30. The Morgan fingerprint density at radius 2 is 1.41 bits per heavy atom. The Hall–Kier alpha value is -4.47. The average Bonchev–Trinajstić information content (AvgIpc) is 3.38. The first kappa shape index (κ1) is 32.4. The molecule has 0 fully saturated rings. The van der Waals surface area contributed by atoms with Gasteiger partial charge in [-0.1, -0.05) is 78.9 Å². The summed E-state index contributed by atoms with van der Waals surface area (Å²) in [5.41, 5.74) is 2.64. The molecule has 232 valence electrons. The molecule has 9 nitrogen and oxygen atoms in total. The number of benzene rings is 3. The number of nitrogens with zero attached hydrogens (tertiary/aromatic N) is 2. The first-order valence-corrected chi connectivity index (χ1v) is 14.6. The van der Waals surface area contributed by atoms with Crippen LogP contribution in [0.4, 0.5) is 4.79 Å². The lowest BCUT2D eigenvalue weighted by molar-refractivity contribution is -0.149. The van der Waals surface area contributed by atoms with Crippen molar-refractivity contribution in [2.24, 2.45) is 0 Å². The third-order valence-electron chi connectivity index (χ3n) is 7.16. The molecule has 0 aliphatic heterocycles. The molecule has 0 radical (unpaired) electrons. The van der Waals surface area contributed by atoms with Crippen LogP contribution in [0.5, 0.6) is 0 Å². The van der Waals surface area contributed by atoms with Crippen LogP contribution in [0.15, 0.2) is 91.1 Å². The Balaban J connectivity index is 1.50. The van der Waals surface area contributed by atoms with Crippen LogP contribution in [-0.4, -0.2) is 73.1 Å². The van der Waals surface area contributed by atoms with E-state index in [2.05, 4.69) is 5.32 Å². The number of methoxy groups -OCH3 is 2. The first-order valence-electron chi connectivity index (χ1n) is 14.6. The number of fused-ring (bicyclic) bond motifs is 1. The van der Waals surface area contributed by atoms with Gasteiger partial charge in [-0.15, -0.1) is 0 Å². The third kappa shape index (κ3) is 8.33. The van der Waals surface area contributed by atoms with Crippen molar-refractivity contribution in [3.63, 3.8) is 0 Å². The van der Waals surface area contributed by atoms with Gasteiger partial charge in [-0.25, -0.2) is 4.79 Å². The highest BCUT2D eigenvalue weighted by atomic mass is 16.7. The van der Waals surface area contributed by atoms with Crippen LogP contribution in [0.25, 0.3) is 10.9 Å². The molecule has 1 N–H and O–H groups in total.